The molecule has 1 unspecified atom stereocenters. The van der Waals surface area contributed by atoms with Crippen molar-refractivity contribution in [2.75, 3.05) is 39.5 Å². The van der Waals surface area contributed by atoms with Crippen molar-refractivity contribution >= 4 is 5.97 Å². The van der Waals surface area contributed by atoms with Gasteiger partial charge in [0.25, 0.3) is 0 Å². The summed E-state index contributed by atoms with van der Waals surface area (Å²) >= 11 is 0. The Morgan fingerprint density at radius 1 is 1.07 bits per heavy atom. The van der Waals surface area contributed by atoms with Crippen LogP contribution in [0.5, 0.6) is 11.5 Å². The molecule has 2 heterocycles. The maximum Gasteiger partial charge on any atom is 0.338 e. The van der Waals surface area contributed by atoms with Gasteiger partial charge in [0.05, 0.1) is 5.56 Å². The lowest BCUT2D eigenvalue weighted by Crippen LogP contribution is -2.37. The van der Waals surface area contributed by atoms with Crippen molar-refractivity contribution < 1.29 is 19.0 Å². The first-order chi connectivity index (χ1) is 13.3. The van der Waals surface area contributed by atoms with E-state index in [9.17, 15) is 4.79 Å². The van der Waals surface area contributed by atoms with Gasteiger partial charge in [0, 0.05) is 13.1 Å². The van der Waals surface area contributed by atoms with Crippen LogP contribution in [0.4, 0.5) is 0 Å². The fraction of sp³-hybridized carbons (Fsp3) is 0.409. The van der Waals surface area contributed by atoms with Crippen LogP contribution in [0.3, 0.4) is 0 Å². The molecule has 27 heavy (non-hydrogen) atoms. The molecule has 0 N–H and O–H groups in total. The van der Waals surface area contributed by atoms with Gasteiger partial charge in [0.2, 0.25) is 0 Å². The van der Waals surface area contributed by atoms with Gasteiger partial charge in [-0.2, -0.15) is 0 Å². The molecule has 2 aromatic rings. The first-order valence-corrected chi connectivity index (χ1v) is 9.64. The highest BCUT2D eigenvalue weighted by atomic mass is 16.6. The SMILES string of the molecule is O=C(OCCN1CCCC(c2ccccc2)C1)c1ccc2c(c1)OCCO2. The number of fused-ring (bicyclic) bond motifs is 1. The quantitative estimate of drug-likeness (QED) is 0.757. The summed E-state index contributed by atoms with van der Waals surface area (Å²) in [5.41, 5.74) is 1.90. The molecule has 0 aromatic heterocycles. The molecule has 1 atom stereocenters. The van der Waals surface area contributed by atoms with Crippen molar-refractivity contribution in [2.45, 2.75) is 18.8 Å². The van der Waals surface area contributed by atoms with E-state index >= 15 is 0 Å². The van der Waals surface area contributed by atoms with Crippen LogP contribution in [0, 0.1) is 0 Å². The first kappa shape index (κ1) is 17.9. The second-order valence-electron chi connectivity index (χ2n) is 7.04. The van der Waals surface area contributed by atoms with Gasteiger partial charge in [-0.1, -0.05) is 30.3 Å². The third-order valence-corrected chi connectivity index (χ3v) is 5.20. The molecular weight excluding hydrogens is 342 g/mol. The predicted molar refractivity (Wildman–Crippen MR) is 103 cm³/mol. The lowest BCUT2D eigenvalue weighted by molar-refractivity contribution is 0.0445. The molecule has 0 aliphatic carbocycles. The molecule has 4 rings (SSSR count). The molecule has 5 heteroatoms. The number of hydrogen-bond acceptors (Lipinski definition) is 5. The average Bonchev–Trinajstić information content (AvgIpc) is 2.74. The molecule has 0 saturated carbocycles. The highest BCUT2D eigenvalue weighted by Gasteiger charge is 2.21. The molecule has 0 radical (unpaired) electrons. The van der Waals surface area contributed by atoms with Crippen molar-refractivity contribution in [3.8, 4) is 11.5 Å². The molecule has 5 nitrogen and oxygen atoms in total. The van der Waals surface area contributed by atoms with Crippen LogP contribution < -0.4 is 9.47 Å². The van der Waals surface area contributed by atoms with E-state index in [-0.39, 0.29) is 5.97 Å². The molecule has 1 fully saturated rings. The standard InChI is InChI=1S/C22H25NO4/c24-22(18-8-9-20-21(15-18)26-14-13-25-20)27-12-11-23-10-4-7-19(16-23)17-5-2-1-3-6-17/h1-3,5-6,8-9,15,19H,4,7,10-14,16H2. The van der Waals surface area contributed by atoms with E-state index in [2.05, 4.69) is 35.2 Å². The summed E-state index contributed by atoms with van der Waals surface area (Å²) in [4.78, 5) is 14.7. The zero-order valence-corrected chi connectivity index (χ0v) is 15.4. The Morgan fingerprint density at radius 2 is 1.89 bits per heavy atom. The predicted octanol–water partition coefficient (Wildman–Crippen LogP) is 3.49. The molecule has 0 amide bonds. The molecule has 2 aliphatic heterocycles. The van der Waals surface area contributed by atoms with Crippen LogP contribution in [0.2, 0.25) is 0 Å². The number of esters is 1. The number of carbonyl (C=O) groups is 1. The molecule has 1 saturated heterocycles. The fourth-order valence-corrected chi connectivity index (χ4v) is 3.78. The van der Waals surface area contributed by atoms with E-state index in [1.54, 1.807) is 18.2 Å². The Labute approximate surface area is 159 Å². The summed E-state index contributed by atoms with van der Waals surface area (Å²) in [6.07, 6.45) is 2.40. The average molecular weight is 367 g/mol. The van der Waals surface area contributed by atoms with Crippen LogP contribution in [-0.2, 0) is 4.74 Å². The van der Waals surface area contributed by atoms with Crippen molar-refractivity contribution in [1.29, 1.82) is 0 Å². The second-order valence-corrected chi connectivity index (χ2v) is 7.04. The number of piperidine rings is 1. The third kappa shape index (κ3) is 4.42. The van der Waals surface area contributed by atoms with E-state index in [0.29, 0.717) is 42.8 Å². The minimum absolute atomic E-state index is 0.316. The number of rotatable bonds is 5. The molecular formula is C22H25NO4. The number of carbonyl (C=O) groups excluding carboxylic acids is 1. The maximum atomic E-state index is 12.3. The van der Waals surface area contributed by atoms with E-state index in [1.807, 2.05) is 0 Å². The van der Waals surface area contributed by atoms with E-state index in [4.69, 9.17) is 14.2 Å². The minimum Gasteiger partial charge on any atom is -0.486 e. The first-order valence-electron chi connectivity index (χ1n) is 9.64. The number of hydrogen-bond donors (Lipinski definition) is 0. The summed E-state index contributed by atoms with van der Waals surface area (Å²) in [5, 5.41) is 0. The highest BCUT2D eigenvalue weighted by molar-refractivity contribution is 5.90. The topological polar surface area (TPSA) is 48.0 Å². The second kappa shape index (κ2) is 8.44. The van der Waals surface area contributed by atoms with Crippen molar-refractivity contribution in [3.05, 3.63) is 59.7 Å². The maximum absolute atomic E-state index is 12.3. The molecule has 142 valence electrons. The van der Waals surface area contributed by atoms with Crippen LogP contribution >= 0.6 is 0 Å². The van der Waals surface area contributed by atoms with Crippen LogP contribution in [0.1, 0.15) is 34.7 Å². The summed E-state index contributed by atoms with van der Waals surface area (Å²) < 4.78 is 16.5. The minimum atomic E-state index is -0.316. The van der Waals surface area contributed by atoms with Gasteiger partial charge in [-0.05, 0) is 49.1 Å². The van der Waals surface area contributed by atoms with Crippen molar-refractivity contribution in [3.63, 3.8) is 0 Å². The molecule has 0 spiro atoms. The zero-order chi connectivity index (χ0) is 18.5. The van der Waals surface area contributed by atoms with Gasteiger partial charge in [-0.3, -0.25) is 4.90 Å². The highest BCUT2D eigenvalue weighted by Crippen LogP contribution is 2.31. The Morgan fingerprint density at radius 3 is 2.74 bits per heavy atom. The third-order valence-electron chi connectivity index (χ3n) is 5.20. The van der Waals surface area contributed by atoms with Gasteiger partial charge >= 0.3 is 5.97 Å². The van der Waals surface area contributed by atoms with Crippen molar-refractivity contribution in [2.24, 2.45) is 0 Å². The number of benzene rings is 2. The van der Waals surface area contributed by atoms with Crippen molar-refractivity contribution in [1.82, 2.24) is 4.90 Å². The fourth-order valence-electron chi connectivity index (χ4n) is 3.78. The Kier molecular flexibility index (Phi) is 5.58. The van der Waals surface area contributed by atoms with Crippen LogP contribution in [0.25, 0.3) is 0 Å². The Balaban J connectivity index is 1.27. The number of ether oxygens (including phenoxy) is 3. The molecule has 2 aliphatic rings. The molecule has 0 bridgehead atoms. The Hall–Kier alpha value is -2.53. The summed E-state index contributed by atoms with van der Waals surface area (Å²) in [6, 6.07) is 15.9. The normalized spacial score (nSPS) is 19.5. The largest absolute Gasteiger partial charge is 0.486 e. The smallest absolute Gasteiger partial charge is 0.338 e. The molecule has 2 aromatic carbocycles. The van der Waals surface area contributed by atoms with Gasteiger partial charge in [0.15, 0.2) is 11.5 Å². The van der Waals surface area contributed by atoms with E-state index in [1.165, 1.54) is 18.4 Å². The lowest BCUT2D eigenvalue weighted by Gasteiger charge is -2.32. The Bertz CT molecular complexity index is 777. The summed E-state index contributed by atoms with van der Waals surface area (Å²) in [6.45, 7) is 4.28. The number of nitrogens with zero attached hydrogens (tertiary/aromatic N) is 1. The number of likely N-dealkylation sites (tertiary alicyclic amines) is 1. The summed E-state index contributed by atoms with van der Waals surface area (Å²) in [5.74, 6) is 1.53. The lowest BCUT2D eigenvalue weighted by atomic mass is 9.91. The van der Waals surface area contributed by atoms with Gasteiger partial charge in [-0.15, -0.1) is 0 Å². The van der Waals surface area contributed by atoms with Crippen LogP contribution in [0.15, 0.2) is 48.5 Å². The zero-order valence-electron chi connectivity index (χ0n) is 15.4. The van der Waals surface area contributed by atoms with E-state index in [0.717, 1.165) is 19.6 Å². The van der Waals surface area contributed by atoms with Gasteiger partial charge < -0.3 is 14.2 Å². The van der Waals surface area contributed by atoms with Gasteiger partial charge in [0.1, 0.15) is 19.8 Å². The van der Waals surface area contributed by atoms with E-state index < -0.39 is 0 Å². The summed E-state index contributed by atoms with van der Waals surface area (Å²) in [7, 11) is 0. The van der Waals surface area contributed by atoms with Crippen LogP contribution in [-0.4, -0.2) is 50.3 Å². The monoisotopic (exact) mass is 367 g/mol. The van der Waals surface area contributed by atoms with Gasteiger partial charge in [-0.25, -0.2) is 4.79 Å².